The molecule has 1 unspecified atom stereocenters. The summed E-state index contributed by atoms with van der Waals surface area (Å²) < 4.78 is 0. The van der Waals surface area contributed by atoms with E-state index in [1.807, 2.05) is 6.08 Å². The minimum absolute atomic E-state index is 0.0795. The molecule has 21 heavy (non-hydrogen) atoms. The van der Waals surface area contributed by atoms with E-state index >= 15 is 0 Å². The predicted octanol–water partition coefficient (Wildman–Crippen LogP) is 3.85. The van der Waals surface area contributed by atoms with Gasteiger partial charge in [0.25, 0.3) is 0 Å². The van der Waals surface area contributed by atoms with Crippen LogP contribution in [0, 0.1) is 5.92 Å². The van der Waals surface area contributed by atoms with E-state index in [1.165, 1.54) is 12.1 Å². The third-order valence-electron chi connectivity index (χ3n) is 3.48. The molecule has 2 aliphatic rings. The van der Waals surface area contributed by atoms with E-state index in [0.29, 0.717) is 10.6 Å². The summed E-state index contributed by atoms with van der Waals surface area (Å²) in [6, 6.07) is 4.61. The summed E-state index contributed by atoms with van der Waals surface area (Å²) in [7, 11) is 0. The molecule has 3 rings (SSSR count). The number of carboxylic acid groups (broad SMARTS) is 1. The van der Waals surface area contributed by atoms with Crippen molar-refractivity contribution in [3.05, 3.63) is 64.4 Å². The van der Waals surface area contributed by atoms with Crippen molar-refractivity contribution < 1.29 is 15.0 Å². The summed E-state index contributed by atoms with van der Waals surface area (Å²) in [5, 5.41) is 18.8. The van der Waals surface area contributed by atoms with Gasteiger partial charge in [-0.25, -0.2) is 4.79 Å². The van der Waals surface area contributed by atoms with Gasteiger partial charge in [-0.15, -0.1) is 0 Å². The van der Waals surface area contributed by atoms with Gasteiger partial charge < -0.3 is 10.2 Å². The van der Waals surface area contributed by atoms with Gasteiger partial charge in [0.05, 0.1) is 16.3 Å². The van der Waals surface area contributed by atoms with Crippen LogP contribution in [0.15, 0.2) is 53.3 Å². The quantitative estimate of drug-likeness (QED) is 0.871. The van der Waals surface area contributed by atoms with Crippen LogP contribution >= 0.6 is 11.6 Å². The number of halogens is 1. The first-order chi connectivity index (χ1) is 10.0. The molecule has 4 nitrogen and oxygen atoms in total. The molecule has 0 radical (unpaired) electrons. The van der Waals surface area contributed by atoms with Crippen LogP contribution < -0.4 is 0 Å². The minimum atomic E-state index is -1.01. The lowest BCUT2D eigenvalue weighted by Crippen LogP contribution is -2.16. The van der Waals surface area contributed by atoms with E-state index in [0.717, 1.165) is 17.8 Å². The lowest BCUT2D eigenvalue weighted by molar-refractivity contribution is 0.0697. The number of hydrogen-bond acceptors (Lipinski definition) is 3. The van der Waals surface area contributed by atoms with Crippen LogP contribution in [0.3, 0.4) is 0 Å². The molecule has 0 saturated carbocycles. The maximum absolute atomic E-state index is 10.9. The van der Waals surface area contributed by atoms with Gasteiger partial charge in [-0.05, 0) is 36.8 Å². The van der Waals surface area contributed by atoms with Gasteiger partial charge in [0, 0.05) is 17.2 Å². The Balaban J connectivity index is 1.95. The van der Waals surface area contributed by atoms with Crippen molar-refractivity contribution in [3.8, 4) is 0 Å². The van der Waals surface area contributed by atoms with Crippen molar-refractivity contribution in [2.45, 2.75) is 6.42 Å². The number of aliphatic imine (C=N–C) groups is 1. The molecule has 0 fully saturated rings. The summed E-state index contributed by atoms with van der Waals surface area (Å²) in [6.45, 7) is 0. The Morgan fingerprint density at radius 3 is 2.86 bits per heavy atom. The average Bonchev–Trinajstić information content (AvgIpc) is 2.46. The summed E-state index contributed by atoms with van der Waals surface area (Å²) in [5.41, 5.74) is 2.45. The topological polar surface area (TPSA) is 69.9 Å². The zero-order chi connectivity index (χ0) is 15.0. The van der Waals surface area contributed by atoms with Crippen LogP contribution in [0.25, 0.3) is 5.70 Å². The molecule has 0 bridgehead atoms. The lowest BCUT2D eigenvalue weighted by atomic mass is 9.90. The lowest BCUT2D eigenvalue weighted by Gasteiger charge is -2.21. The van der Waals surface area contributed by atoms with Crippen molar-refractivity contribution >= 4 is 29.0 Å². The van der Waals surface area contributed by atoms with Crippen LogP contribution in [0.4, 0.5) is 0 Å². The largest absolute Gasteiger partial charge is 0.508 e. The first kappa shape index (κ1) is 13.6. The van der Waals surface area contributed by atoms with Gasteiger partial charge in [-0.3, -0.25) is 4.99 Å². The predicted molar refractivity (Wildman–Crippen MR) is 81.8 cm³/mol. The summed E-state index contributed by atoms with van der Waals surface area (Å²) in [4.78, 5) is 15.5. The molecule has 0 aromatic heterocycles. The molecule has 1 aliphatic heterocycles. The number of aliphatic hydroxyl groups is 1. The van der Waals surface area contributed by atoms with Gasteiger partial charge in [-0.2, -0.15) is 0 Å². The Hall–Kier alpha value is -2.33. The van der Waals surface area contributed by atoms with E-state index in [1.54, 1.807) is 24.3 Å². The first-order valence-corrected chi connectivity index (χ1v) is 6.83. The second-order valence-electron chi connectivity index (χ2n) is 4.89. The summed E-state index contributed by atoms with van der Waals surface area (Å²) in [5.74, 6) is -0.682. The average molecular weight is 302 g/mol. The Kier molecular flexibility index (Phi) is 3.39. The van der Waals surface area contributed by atoms with Crippen LogP contribution in [-0.4, -0.2) is 21.9 Å². The minimum Gasteiger partial charge on any atom is -0.508 e. The van der Waals surface area contributed by atoms with Crippen LogP contribution in [0.1, 0.15) is 22.3 Å². The highest BCUT2D eigenvalue weighted by Crippen LogP contribution is 2.32. The Morgan fingerprint density at radius 1 is 1.33 bits per heavy atom. The molecule has 0 spiro atoms. The van der Waals surface area contributed by atoms with E-state index in [4.69, 9.17) is 16.7 Å². The Morgan fingerprint density at radius 2 is 2.14 bits per heavy atom. The van der Waals surface area contributed by atoms with Crippen LogP contribution in [0.2, 0.25) is 5.02 Å². The number of hydrogen-bond donors (Lipinski definition) is 2. The number of rotatable bonds is 2. The normalized spacial score (nSPS) is 20.2. The Bertz CT molecular complexity index is 744. The number of fused-ring (bicyclic) bond motifs is 1. The van der Waals surface area contributed by atoms with E-state index in [2.05, 4.69) is 4.99 Å². The second kappa shape index (κ2) is 5.22. The zero-order valence-corrected chi connectivity index (χ0v) is 11.7. The number of carboxylic acids is 1. The highest BCUT2D eigenvalue weighted by atomic mass is 35.5. The van der Waals surface area contributed by atoms with Gasteiger partial charge in [0.2, 0.25) is 0 Å². The molecule has 1 aromatic rings. The molecular weight excluding hydrogens is 290 g/mol. The molecular formula is C16H12ClNO3. The first-order valence-electron chi connectivity index (χ1n) is 6.45. The zero-order valence-electron chi connectivity index (χ0n) is 11.0. The number of aromatic carboxylic acids is 1. The number of carbonyl (C=O) groups is 1. The molecule has 1 aromatic carbocycles. The fourth-order valence-corrected chi connectivity index (χ4v) is 2.68. The molecule has 0 saturated heterocycles. The van der Waals surface area contributed by atoms with E-state index in [-0.39, 0.29) is 17.2 Å². The monoisotopic (exact) mass is 301 g/mol. The van der Waals surface area contributed by atoms with Gasteiger partial charge in [-0.1, -0.05) is 23.7 Å². The van der Waals surface area contributed by atoms with Crippen molar-refractivity contribution in [2.24, 2.45) is 10.9 Å². The molecule has 106 valence electrons. The standard InChI is InChI=1S/C16H12ClNO3/c17-13-8-10(16(20)21)1-4-12(13)15-5-2-9-7-11(19)3-6-14(9)18-15/h1,3-9,19H,2H2,(H,20,21). The van der Waals surface area contributed by atoms with Crippen LogP contribution in [-0.2, 0) is 0 Å². The van der Waals surface area contributed by atoms with Crippen molar-refractivity contribution in [1.29, 1.82) is 0 Å². The maximum Gasteiger partial charge on any atom is 0.335 e. The smallest absolute Gasteiger partial charge is 0.335 e. The number of nitrogens with zero attached hydrogens (tertiary/aromatic N) is 1. The van der Waals surface area contributed by atoms with Gasteiger partial charge in [0.1, 0.15) is 5.76 Å². The SMILES string of the molecule is O=C(O)c1ccc(C2=CCC3C=C(O)C=CC3=N2)c(Cl)c1. The van der Waals surface area contributed by atoms with Gasteiger partial charge >= 0.3 is 5.97 Å². The third-order valence-corrected chi connectivity index (χ3v) is 3.80. The van der Waals surface area contributed by atoms with E-state index < -0.39 is 5.97 Å². The fraction of sp³-hybridized carbons (Fsp3) is 0.125. The summed E-state index contributed by atoms with van der Waals surface area (Å²) in [6.07, 6.45) is 7.82. The molecule has 1 aliphatic carbocycles. The molecule has 1 heterocycles. The second-order valence-corrected chi connectivity index (χ2v) is 5.30. The third kappa shape index (κ3) is 2.62. The highest BCUT2D eigenvalue weighted by molar-refractivity contribution is 6.32. The molecule has 0 amide bonds. The van der Waals surface area contributed by atoms with Crippen molar-refractivity contribution in [2.75, 3.05) is 0 Å². The number of allylic oxidation sites excluding steroid dienone is 4. The molecule has 2 N–H and O–H groups in total. The van der Waals surface area contributed by atoms with Gasteiger partial charge in [0.15, 0.2) is 0 Å². The fourth-order valence-electron chi connectivity index (χ4n) is 2.40. The summed E-state index contributed by atoms with van der Waals surface area (Å²) >= 11 is 6.16. The van der Waals surface area contributed by atoms with Crippen LogP contribution in [0.5, 0.6) is 0 Å². The Labute approximate surface area is 126 Å². The molecule has 5 heteroatoms. The van der Waals surface area contributed by atoms with Crippen molar-refractivity contribution in [1.82, 2.24) is 0 Å². The van der Waals surface area contributed by atoms with Crippen molar-refractivity contribution in [3.63, 3.8) is 0 Å². The number of aliphatic hydroxyl groups excluding tert-OH is 1. The highest BCUT2D eigenvalue weighted by Gasteiger charge is 2.21. The number of benzene rings is 1. The maximum atomic E-state index is 10.9. The van der Waals surface area contributed by atoms with E-state index in [9.17, 15) is 9.90 Å². The molecule has 1 atom stereocenters.